The van der Waals surface area contributed by atoms with E-state index < -0.39 is 5.97 Å². The summed E-state index contributed by atoms with van der Waals surface area (Å²) in [5.74, 6) is -0.763. The van der Waals surface area contributed by atoms with Crippen LogP contribution in [0.2, 0.25) is 0 Å². The summed E-state index contributed by atoms with van der Waals surface area (Å²) < 4.78 is 0. The highest BCUT2D eigenvalue weighted by atomic mass is 16.4. The van der Waals surface area contributed by atoms with Gasteiger partial charge in [0.2, 0.25) is 0 Å². The first kappa shape index (κ1) is 13.3. The van der Waals surface area contributed by atoms with Crippen LogP contribution in [0.4, 0.5) is 0 Å². The maximum absolute atomic E-state index is 10.9. The lowest BCUT2D eigenvalue weighted by Gasteiger charge is -2.35. The average Bonchev–Trinajstić information content (AvgIpc) is 2.27. The maximum Gasteiger partial charge on any atom is 0.330 e. The molecule has 2 nitrogen and oxygen atoms in total. The number of hydrogen-bond acceptors (Lipinski definition) is 1. The third-order valence-corrected chi connectivity index (χ3v) is 3.74. The van der Waals surface area contributed by atoms with E-state index in [2.05, 4.69) is 6.92 Å². The van der Waals surface area contributed by atoms with Gasteiger partial charge in [-0.2, -0.15) is 0 Å². The number of carboxylic acid groups (broad SMARTS) is 1. The molecule has 0 aliphatic heterocycles. The van der Waals surface area contributed by atoms with Crippen molar-refractivity contribution in [3.05, 3.63) is 11.6 Å². The molecule has 0 aromatic carbocycles. The minimum atomic E-state index is -0.763. The monoisotopic (exact) mass is 224 g/mol. The number of unbranched alkanes of at least 4 members (excludes halogenated alkanes) is 1. The van der Waals surface area contributed by atoms with E-state index in [4.69, 9.17) is 5.11 Å². The van der Waals surface area contributed by atoms with Crippen molar-refractivity contribution in [2.45, 2.75) is 65.2 Å². The summed E-state index contributed by atoms with van der Waals surface area (Å²) in [5.41, 5.74) is 0.717. The van der Waals surface area contributed by atoms with E-state index in [-0.39, 0.29) is 5.41 Å². The van der Waals surface area contributed by atoms with Gasteiger partial charge in [-0.3, -0.25) is 0 Å². The molecule has 1 rings (SSSR count). The Hall–Kier alpha value is -0.790. The molecule has 1 N–H and O–H groups in total. The molecule has 0 amide bonds. The first-order chi connectivity index (χ1) is 7.59. The number of carbonyl (C=O) groups is 1. The molecular weight excluding hydrogens is 200 g/mol. The molecule has 2 heteroatoms. The zero-order chi connectivity index (χ0) is 12.0. The Bertz CT molecular complexity index is 260. The van der Waals surface area contributed by atoms with Crippen LogP contribution in [0, 0.1) is 5.41 Å². The Morgan fingerprint density at radius 2 is 1.94 bits per heavy atom. The van der Waals surface area contributed by atoms with Crippen molar-refractivity contribution in [2.75, 3.05) is 0 Å². The molecule has 1 aliphatic rings. The maximum atomic E-state index is 10.9. The van der Waals surface area contributed by atoms with Crippen molar-refractivity contribution in [3.63, 3.8) is 0 Å². The topological polar surface area (TPSA) is 37.3 Å². The zero-order valence-corrected chi connectivity index (χ0v) is 10.6. The van der Waals surface area contributed by atoms with Crippen molar-refractivity contribution in [1.29, 1.82) is 0 Å². The summed E-state index contributed by atoms with van der Waals surface area (Å²) in [7, 11) is 0. The quantitative estimate of drug-likeness (QED) is 0.712. The zero-order valence-electron chi connectivity index (χ0n) is 10.6. The van der Waals surface area contributed by atoms with E-state index in [9.17, 15) is 4.79 Å². The van der Waals surface area contributed by atoms with Crippen molar-refractivity contribution >= 4 is 5.97 Å². The summed E-state index contributed by atoms with van der Waals surface area (Å²) in [5, 5.41) is 8.98. The predicted molar refractivity (Wildman–Crippen MR) is 66.4 cm³/mol. The first-order valence-electron chi connectivity index (χ1n) is 6.52. The van der Waals surface area contributed by atoms with Crippen LogP contribution < -0.4 is 0 Å². The number of allylic oxidation sites excluding steroid dienone is 1. The average molecular weight is 224 g/mol. The second-order valence-corrected chi connectivity index (χ2v) is 5.16. The molecule has 0 radical (unpaired) electrons. The molecule has 1 saturated carbocycles. The second kappa shape index (κ2) is 6.07. The smallest absolute Gasteiger partial charge is 0.330 e. The Morgan fingerprint density at radius 1 is 1.31 bits per heavy atom. The third-order valence-electron chi connectivity index (χ3n) is 3.74. The van der Waals surface area contributed by atoms with E-state index in [0.717, 1.165) is 6.42 Å². The molecule has 0 atom stereocenters. The Kier molecular flexibility index (Phi) is 5.04. The van der Waals surface area contributed by atoms with Gasteiger partial charge in [-0.25, -0.2) is 4.79 Å². The van der Waals surface area contributed by atoms with Crippen LogP contribution in [0.5, 0.6) is 0 Å². The molecule has 16 heavy (non-hydrogen) atoms. The van der Waals surface area contributed by atoms with Crippen molar-refractivity contribution < 1.29 is 9.90 Å². The van der Waals surface area contributed by atoms with Crippen molar-refractivity contribution in [3.8, 4) is 0 Å². The van der Waals surface area contributed by atoms with Crippen LogP contribution in [0.25, 0.3) is 0 Å². The summed E-state index contributed by atoms with van der Waals surface area (Å²) in [6, 6.07) is 0. The first-order valence-corrected chi connectivity index (χ1v) is 6.52. The highest BCUT2D eigenvalue weighted by molar-refractivity contribution is 5.85. The van der Waals surface area contributed by atoms with E-state index >= 15 is 0 Å². The fourth-order valence-corrected chi connectivity index (χ4v) is 2.77. The molecule has 1 fully saturated rings. The molecule has 0 aromatic rings. The summed E-state index contributed by atoms with van der Waals surface area (Å²) in [6.07, 6.45) is 11.8. The minimum absolute atomic E-state index is 0.191. The summed E-state index contributed by atoms with van der Waals surface area (Å²) in [4.78, 5) is 10.9. The van der Waals surface area contributed by atoms with Gasteiger partial charge in [0.05, 0.1) is 0 Å². The van der Waals surface area contributed by atoms with Crippen LogP contribution in [-0.2, 0) is 4.79 Å². The highest BCUT2D eigenvalue weighted by Crippen LogP contribution is 2.42. The molecule has 0 bridgehead atoms. The molecule has 1 aliphatic carbocycles. The molecule has 92 valence electrons. The van der Waals surface area contributed by atoms with E-state index in [1.807, 2.05) is 6.08 Å². The Balaban J connectivity index is 2.76. The highest BCUT2D eigenvalue weighted by Gasteiger charge is 2.29. The van der Waals surface area contributed by atoms with Gasteiger partial charge in [-0.1, -0.05) is 45.1 Å². The molecule has 0 aromatic heterocycles. The van der Waals surface area contributed by atoms with Gasteiger partial charge in [0.1, 0.15) is 0 Å². The largest absolute Gasteiger partial charge is 0.478 e. The normalized spacial score (nSPS) is 20.8. The second-order valence-electron chi connectivity index (χ2n) is 5.16. The Labute approximate surface area is 98.7 Å². The molecular formula is C14H24O2. The van der Waals surface area contributed by atoms with E-state index in [1.165, 1.54) is 44.9 Å². The van der Waals surface area contributed by atoms with Gasteiger partial charge in [0.15, 0.2) is 0 Å². The summed E-state index contributed by atoms with van der Waals surface area (Å²) in [6.45, 7) is 3.93. The van der Waals surface area contributed by atoms with Crippen molar-refractivity contribution in [2.24, 2.45) is 5.41 Å². The minimum Gasteiger partial charge on any atom is -0.478 e. The number of aliphatic carboxylic acids is 1. The summed E-state index contributed by atoms with van der Waals surface area (Å²) >= 11 is 0. The van der Waals surface area contributed by atoms with Crippen LogP contribution in [0.1, 0.15) is 65.2 Å². The fraction of sp³-hybridized carbons (Fsp3) is 0.786. The number of hydrogen-bond donors (Lipinski definition) is 1. The number of carboxylic acids is 1. The fourth-order valence-electron chi connectivity index (χ4n) is 2.77. The molecule has 0 spiro atoms. The Morgan fingerprint density at radius 3 is 2.44 bits per heavy atom. The lowest BCUT2D eigenvalue weighted by atomic mass is 9.70. The van der Waals surface area contributed by atoms with Gasteiger partial charge < -0.3 is 5.11 Å². The van der Waals surface area contributed by atoms with Crippen LogP contribution >= 0.6 is 0 Å². The van der Waals surface area contributed by atoms with Gasteiger partial charge in [0, 0.05) is 5.57 Å². The van der Waals surface area contributed by atoms with Crippen LogP contribution in [-0.4, -0.2) is 11.1 Å². The van der Waals surface area contributed by atoms with Crippen molar-refractivity contribution in [1.82, 2.24) is 0 Å². The van der Waals surface area contributed by atoms with Crippen LogP contribution in [0.15, 0.2) is 11.6 Å². The van der Waals surface area contributed by atoms with Gasteiger partial charge >= 0.3 is 5.97 Å². The van der Waals surface area contributed by atoms with Gasteiger partial charge in [-0.05, 0) is 31.6 Å². The number of rotatable bonds is 5. The standard InChI is InChI=1S/C14H24O2/c1-3-4-8-14(9-6-5-7-10-14)11-12(2)13(15)16/h11H,3-10H2,1-2H3,(H,15,16). The van der Waals surface area contributed by atoms with Gasteiger partial charge in [-0.15, -0.1) is 0 Å². The SMILES string of the molecule is CCCCC1(C=C(C)C(=O)O)CCCCC1. The molecule has 0 unspecified atom stereocenters. The van der Waals surface area contributed by atoms with Gasteiger partial charge in [0.25, 0.3) is 0 Å². The van der Waals surface area contributed by atoms with Crippen LogP contribution in [0.3, 0.4) is 0 Å². The third kappa shape index (κ3) is 3.66. The lowest BCUT2D eigenvalue weighted by Crippen LogP contribution is -2.23. The van der Waals surface area contributed by atoms with E-state index in [0.29, 0.717) is 5.57 Å². The lowest BCUT2D eigenvalue weighted by molar-refractivity contribution is -0.132. The molecule has 0 heterocycles. The van der Waals surface area contributed by atoms with E-state index in [1.54, 1.807) is 6.92 Å². The molecule has 0 saturated heterocycles. The predicted octanol–water partition coefficient (Wildman–Crippen LogP) is 4.16.